The van der Waals surface area contributed by atoms with Crippen LogP contribution in [0.15, 0.2) is 12.1 Å². The molecule has 2 rings (SSSR count). The Morgan fingerprint density at radius 1 is 1.44 bits per heavy atom. The number of ether oxygens (including phenoxy) is 1. The maximum Gasteiger partial charge on any atom is 0.129 e. The zero-order valence-corrected chi connectivity index (χ0v) is 10.9. The second-order valence-electron chi connectivity index (χ2n) is 4.78. The minimum atomic E-state index is -0.0149. The monoisotopic (exact) mass is 248 g/mol. The van der Waals surface area contributed by atoms with Gasteiger partial charge in [0.2, 0.25) is 0 Å². The molecule has 1 atom stereocenters. The number of aromatic hydroxyl groups is 1. The van der Waals surface area contributed by atoms with Gasteiger partial charge in [0.1, 0.15) is 12.0 Å². The highest BCUT2D eigenvalue weighted by molar-refractivity contribution is 6.04. The standard InChI is InChI=1S/C14H20N2O2/c1-9-6-7-11(13(10(2)15)14(9)17)16-12-5-3-4-8-18-12/h6-7,12,15-17H,3-5,8H2,1-2H3. The Morgan fingerprint density at radius 2 is 2.22 bits per heavy atom. The predicted molar refractivity (Wildman–Crippen MR) is 72.6 cm³/mol. The molecule has 0 radical (unpaired) electrons. The highest BCUT2D eigenvalue weighted by atomic mass is 16.5. The minimum Gasteiger partial charge on any atom is -0.507 e. The summed E-state index contributed by atoms with van der Waals surface area (Å²) in [7, 11) is 0. The molecular formula is C14H20N2O2. The molecule has 1 fully saturated rings. The summed E-state index contributed by atoms with van der Waals surface area (Å²) in [6, 6.07) is 3.76. The van der Waals surface area contributed by atoms with Crippen LogP contribution < -0.4 is 5.32 Å². The fourth-order valence-corrected chi connectivity index (χ4v) is 2.22. The Kier molecular flexibility index (Phi) is 3.87. The summed E-state index contributed by atoms with van der Waals surface area (Å²) in [6.07, 6.45) is 3.20. The van der Waals surface area contributed by atoms with Crippen LogP contribution in [0.4, 0.5) is 5.69 Å². The smallest absolute Gasteiger partial charge is 0.129 e. The van der Waals surface area contributed by atoms with E-state index in [1.165, 1.54) is 0 Å². The normalized spacial score (nSPS) is 19.6. The molecule has 1 saturated heterocycles. The number of nitrogens with one attached hydrogen (secondary N) is 2. The first-order valence-electron chi connectivity index (χ1n) is 6.36. The Hall–Kier alpha value is -1.55. The van der Waals surface area contributed by atoms with Gasteiger partial charge in [0.05, 0.1) is 5.56 Å². The van der Waals surface area contributed by atoms with Gasteiger partial charge in [-0.1, -0.05) is 6.07 Å². The van der Waals surface area contributed by atoms with Crippen molar-refractivity contribution >= 4 is 11.4 Å². The van der Waals surface area contributed by atoms with Gasteiger partial charge in [0.15, 0.2) is 0 Å². The van der Waals surface area contributed by atoms with Crippen molar-refractivity contribution in [2.75, 3.05) is 11.9 Å². The predicted octanol–water partition coefficient (Wildman–Crippen LogP) is 3.03. The molecule has 0 aliphatic carbocycles. The van der Waals surface area contributed by atoms with Gasteiger partial charge < -0.3 is 20.6 Å². The number of aryl methyl sites for hydroxylation is 1. The minimum absolute atomic E-state index is 0.0149. The van der Waals surface area contributed by atoms with Crippen LogP contribution in [-0.2, 0) is 4.74 Å². The molecule has 1 aliphatic rings. The third kappa shape index (κ3) is 2.64. The van der Waals surface area contributed by atoms with Crippen LogP contribution in [0.2, 0.25) is 0 Å². The van der Waals surface area contributed by atoms with Crippen molar-refractivity contribution in [3.63, 3.8) is 0 Å². The maximum absolute atomic E-state index is 10.1. The summed E-state index contributed by atoms with van der Waals surface area (Å²) in [5, 5.41) is 21.1. The largest absolute Gasteiger partial charge is 0.507 e. The number of phenols is 1. The zero-order chi connectivity index (χ0) is 13.1. The van der Waals surface area contributed by atoms with Crippen LogP contribution >= 0.6 is 0 Å². The summed E-state index contributed by atoms with van der Waals surface area (Å²) in [5.41, 5.74) is 2.49. The Morgan fingerprint density at radius 3 is 2.83 bits per heavy atom. The van der Waals surface area contributed by atoms with Crippen LogP contribution in [-0.4, -0.2) is 23.7 Å². The lowest BCUT2D eigenvalue weighted by molar-refractivity contribution is 0.0343. The number of anilines is 1. The SMILES string of the molecule is CC(=N)c1c(NC2CCCCO2)ccc(C)c1O. The molecule has 0 aromatic heterocycles. The van der Waals surface area contributed by atoms with E-state index >= 15 is 0 Å². The average molecular weight is 248 g/mol. The highest BCUT2D eigenvalue weighted by Gasteiger charge is 2.18. The molecule has 1 unspecified atom stereocenters. The van der Waals surface area contributed by atoms with Crippen molar-refractivity contribution in [2.24, 2.45) is 0 Å². The van der Waals surface area contributed by atoms with Crippen LogP contribution in [0, 0.1) is 12.3 Å². The summed E-state index contributed by atoms with van der Waals surface area (Å²) < 4.78 is 5.62. The van der Waals surface area contributed by atoms with E-state index in [1.807, 2.05) is 19.1 Å². The van der Waals surface area contributed by atoms with Gasteiger partial charge in [0.25, 0.3) is 0 Å². The summed E-state index contributed by atoms with van der Waals surface area (Å²) >= 11 is 0. The van der Waals surface area contributed by atoms with E-state index in [2.05, 4.69) is 5.32 Å². The third-order valence-corrected chi connectivity index (χ3v) is 3.25. The summed E-state index contributed by atoms with van der Waals surface area (Å²) in [4.78, 5) is 0. The molecule has 0 amide bonds. The van der Waals surface area contributed by atoms with Crippen LogP contribution in [0.5, 0.6) is 5.75 Å². The summed E-state index contributed by atoms with van der Waals surface area (Å²) in [5.74, 6) is 0.184. The number of hydrogen-bond acceptors (Lipinski definition) is 4. The van der Waals surface area contributed by atoms with Crippen LogP contribution in [0.25, 0.3) is 0 Å². The number of hydrogen-bond donors (Lipinski definition) is 3. The lowest BCUT2D eigenvalue weighted by Crippen LogP contribution is -2.28. The molecule has 1 aliphatic heterocycles. The first-order valence-corrected chi connectivity index (χ1v) is 6.36. The molecule has 0 bridgehead atoms. The van der Waals surface area contributed by atoms with E-state index in [-0.39, 0.29) is 12.0 Å². The molecule has 4 heteroatoms. The molecular weight excluding hydrogens is 228 g/mol. The second-order valence-corrected chi connectivity index (χ2v) is 4.78. The fraction of sp³-hybridized carbons (Fsp3) is 0.500. The fourth-order valence-electron chi connectivity index (χ4n) is 2.22. The number of rotatable bonds is 3. The Balaban J connectivity index is 2.26. The van der Waals surface area contributed by atoms with Crippen LogP contribution in [0.1, 0.15) is 37.3 Å². The molecule has 18 heavy (non-hydrogen) atoms. The lowest BCUT2D eigenvalue weighted by atomic mass is 10.0. The van der Waals surface area contributed by atoms with Crippen molar-refractivity contribution < 1.29 is 9.84 Å². The van der Waals surface area contributed by atoms with E-state index in [0.717, 1.165) is 37.1 Å². The van der Waals surface area contributed by atoms with Crippen molar-refractivity contribution in [2.45, 2.75) is 39.3 Å². The molecule has 4 nitrogen and oxygen atoms in total. The first kappa shape index (κ1) is 12.9. The van der Waals surface area contributed by atoms with Gasteiger partial charge in [-0.3, -0.25) is 0 Å². The molecule has 0 saturated carbocycles. The third-order valence-electron chi connectivity index (χ3n) is 3.25. The maximum atomic E-state index is 10.1. The van der Waals surface area contributed by atoms with Gasteiger partial charge in [-0.2, -0.15) is 0 Å². The van der Waals surface area contributed by atoms with Crippen molar-refractivity contribution in [3.8, 4) is 5.75 Å². The molecule has 1 aromatic carbocycles. The number of benzene rings is 1. The van der Waals surface area contributed by atoms with E-state index in [4.69, 9.17) is 10.1 Å². The quantitative estimate of drug-likeness (QED) is 0.720. The molecule has 1 aromatic rings. The van der Waals surface area contributed by atoms with E-state index in [0.29, 0.717) is 11.3 Å². The van der Waals surface area contributed by atoms with Gasteiger partial charge >= 0.3 is 0 Å². The van der Waals surface area contributed by atoms with E-state index < -0.39 is 0 Å². The molecule has 0 spiro atoms. The molecule has 98 valence electrons. The Labute approximate surface area is 107 Å². The van der Waals surface area contributed by atoms with Gasteiger partial charge in [-0.05, 0) is 44.7 Å². The zero-order valence-electron chi connectivity index (χ0n) is 10.9. The van der Waals surface area contributed by atoms with Crippen molar-refractivity contribution in [1.29, 1.82) is 5.41 Å². The van der Waals surface area contributed by atoms with Gasteiger partial charge in [-0.25, -0.2) is 0 Å². The van der Waals surface area contributed by atoms with Gasteiger partial charge in [-0.15, -0.1) is 0 Å². The second kappa shape index (κ2) is 5.40. The highest BCUT2D eigenvalue weighted by Crippen LogP contribution is 2.30. The van der Waals surface area contributed by atoms with Crippen molar-refractivity contribution in [3.05, 3.63) is 23.3 Å². The topological polar surface area (TPSA) is 65.3 Å². The summed E-state index contributed by atoms with van der Waals surface area (Å²) in [6.45, 7) is 4.29. The van der Waals surface area contributed by atoms with Gasteiger partial charge in [0, 0.05) is 18.0 Å². The molecule has 1 heterocycles. The van der Waals surface area contributed by atoms with Crippen molar-refractivity contribution in [1.82, 2.24) is 0 Å². The van der Waals surface area contributed by atoms with Crippen LogP contribution in [0.3, 0.4) is 0 Å². The average Bonchev–Trinajstić information content (AvgIpc) is 2.35. The Bertz CT molecular complexity index is 451. The molecule has 3 N–H and O–H groups in total. The lowest BCUT2D eigenvalue weighted by Gasteiger charge is -2.26. The first-order chi connectivity index (χ1) is 8.59. The van der Waals surface area contributed by atoms with E-state index in [9.17, 15) is 5.11 Å². The number of phenolic OH excluding ortho intramolecular Hbond substituents is 1. The van der Waals surface area contributed by atoms with E-state index in [1.54, 1.807) is 6.92 Å².